The fraction of sp³-hybridized carbons (Fsp3) is 0.130. The van der Waals surface area contributed by atoms with Crippen LogP contribution < -0.4 is 15.4 Å². The average Bonchev–Trinajstić information content (AvgIpc) is 2.72. The van der Waals surface area contributed by atoms with Crippen LogP contribution in [0.4, 0.5) is 15.8 Å². The van der Waals surface area contributed by atoms with E-state index in [1.54, 1.807) is 30.3 Å². The number of aryl methyl sites for hydroxylation is 1. The Kier molecular flexibility index (Phi) is 6.24. The van der Waals surface area contributed by atoms with Crippen molar-refractivity contribution in [3.05, 3.63) is 89.2 Å². The molecule has 6 heteroatoms. The molecule has 0 radical (unpaired) electrons. The van der Waals surface area contributed by atoms with Gasteiger partial charge in [0.05, 0.1) is 11.3 Å². The van der Waals surface area contributed by atoms with Crippen LogP contribution in [0.2, 0.25) is 0 Å². The summed E-state index contributed by atoms with van der Waals surface area (Å²) in [6, 6.07) is 18.2. The molecule has 29 heavy (non-hydrogen) atoms. The van der Waals surface area contributed by atoms with E-state index < -0.39 is 11.7 Å². The van der Waals surface area contributed by atoms with E-state index in [1.807, 2.05) is 32.0 Å². The second-order valence-electron chi connectivity index (χ2n) is 6.51. The number of halogens is 1. The van der Waals surface area contributed by atoms with Crippen LogP contribution in [0.25, 0.3) is 0 Å². The monoisotopic (exact) mass is 392 g/mol. The zero-order valence-corrected chi connectivity index (χ0v) is 16.2. The Morgan fingerprint density at radius 1 is 0.862 bits per heavy atom. The maximum atomic E-state index is 13.6. The van der Waals surface area contributed by atoms with E-state index in [0.717, 1.165) is 11.1 Å². The Hall–Kier alpha value is -3.67. The highest BCUT2D eigenvalue weighted by atomic mass is 19.1. The zero-order chi connectivity index (χ0) is 20.8. The van der Waals surface area contributed by atoms with E-state index >= 15 is 0 Å². The lowest BCUT2D eigenvalue weighted by molar-refractivity contribution is -0.118. The van der Waals surface area contributed by atoms with Crippen LogP contribution in [-0.2, 0) is 4.79 Å². The SMILES string of the molecule is Cc1cccc(NC(=O)c2ccccc2OCC(=O)Nc2ccccc2F)c1C. The number of carbonyl (C=O) groups excluding carboxylic acids is 2. The van der Waals surface area contributed by atoms with Crippen LogP contribution in [-0.4, -0.2) is 18.4 Å². The van der Waals surface area contributed by atoms with Gasteiger partial charge in [-0.15, -0.1) is 0 Å². The number of amides is 2. The Morgan fingerprint density at radius 2 is 1.55 bits per heavy atom. The third-order valence-electron chi connectivity index (χ3n) is 4.49. The maximum absolute atomic E-state index is 13.6. The minimum atomic E-state index is -0.533. The molecule has 0 saturated carbocycles. The first-order valence-electron chi connectivity index (χ1n) is 9.09. The summed E-state index contributed by atoms with van der Waals surface area (Å²) in [6.07, 6.45) is 0. The third kappa shape index (κ3) is 4.99. The first-order chi connectivity index (χ1) is 14.0. The van der Waals surface area contributed by atoms with Gasteiger partial charge in [0.1, 0.15) is 11.6 Å². The van der Waals surface area contributed by atoms with Crippen molar-refractivity contribution in [2.24, 2.45) is 0 Å². The fourth-order valence-corrected chi connectivity index (χ4v) is 2.75. The van der Waals surface area contributed by atoms with Gasteiger partial charge in [0, 0.05) is 5.69 Å². The minimum absolute atomic E-state index is 0.0713. The molecule has 0 aliphatic heterocycles. The summed E-state index contributed by atoms with van der Waals surface area (Å²) in [4.78, 5) is 24.8. The zero-order valence-electron chi connectivity index (χ0n) is 16.2. The van der Waals surface area contributed by atoms with Crippen LogP contribution in [0, 0.1) is 19.7 Å². The number of para-hydroxylation sites is 2. The van der Waals surface area contributed by atoms with Crippen molar-refractivity contribution in [2.45, 2.75) is 13.8 Å². The number of anilines is 2. The number of hydrogen-bond acceptors (Lipinski definition) is 3. The van der Waals surface area contributed by atoms with E-state index in [4.69, 9.17) is 4.74 Å². The normalized spacial score (nSPS) is 10.3. The van der Waals surface area contributed by atoms with Crippen LogP contribution in [0.5, 0.6) is 5.75 Å². The standard InChI is InChI=1S/C23H21FN2O3/c1-15-8-7-12-19(16(15)2)26-23(28)17-9-3-6-13-21(17)29-14-22(27)25-20-11-5-4-10-18(20)24/h3-13H,14H2,1-2H3,(H,25,27)(H,26,28). The van der Waals surface area contributed by atoms with Gasteiger partial charge in [-0.05, 0) is 55.3 Å². The molecule has 3 aromatic rings. The Balaban J connectivity index is 1.68. The van der Waals surface area contributed by atoms with Crippen molar-refractivity contribution >= 4 is 23.2 Å². The molecule has 3 aromatic carbocycles. The first kappa shape index (κ1) is 20.1. The van der Waals surface area contributed by atoms with Gasteiger partial charge in [-0.1, -0.05) is 36.4 Å². The molecule has 3 rings (SSSR count). The largest absolute Gasteiger partial charge is 0.483 e. The van der Waals surface area contributed by atoms with Gasteiger partial charge in [-0.3, -0.25) is 9.59 Å². The molecular weight excluding hydrogens is 371 g/mol. The van der Waals surface area contributed by atoms with E-state index in [2.05, 4.69) is 10.6 Å². The summed E-state index contributed by atoms with van der Waals surface area (Å²) in [6.45, 7) is 3.54. The van der Waals surface area contributed by atoms with Gasteiger partial charge < -0.3 is 15.4 Å². The minimum Gasteiger partial charge on any atom is -0.483 e. The van der Waals surface area contributed by atoms with Crippen molar-refractivity contribution in [3.8, 4) is 5.75 Å². The molecule has 0 atom stereocenters. The number of rotatable bonds is 6. The molecule has 0 spiro atoms. The van der Waals surface area contributed by atoms with Crippen molar-refractivity contribution in [3.63, 3.8) is 0 Å². The molecule has 0 unspecified atom stereocenters. The summed E-state index contributed by atoms with van der Waals surface area (Å²) < 4.78 is 19.2. The van der Waals surface area contributed by atoms with Gasteiger partial charge in [0.25, 0.3) is 11.8 Å². The van der Waals surface area contributed by atoms with Gasteiger partial charge in [-0.25, -0.2) is 4.39 Å². The van der Waals surface area contributed by atoms with E-state index in [9.17, 15) is 14.0 Å². The quantitative estimate of drug-likeness (QED) is 0.638. The van der Waals surface area contributed by atoms with Crippen molar-refractivity contribution < 1.29 is 18.7 Å². The Bertz CT molecular complexity index is 1050. The average molecular weight is 392 g/mol. The Morgan fingerprint density at radius 3 is 2.34 bits per heavy atom. The molecule has 2 amide bonds. The lowest BCUT2D eigenvalue weighted by Crippen LogP contribution is -2.22. The third-order valence-corrected chi connectivity index (χ3v) is 4.49. The number of nitrogens with one attached hydrogen (secondary N) is 2. The number of benzene rings is 3. The molecule has 0 fully saturated rings. The second-order valence-corrected chi connectivity index (χ2v) is 6.51. The molecule has 0 saturated heterocycles. The lowest BCUT2D eigenvalue weighted by atomic mass is 10.1. The van der Waals surface area contributed by atoms with Crippen molar-refractivity contribution in [1.82, 2.24) is 0 Å². The van der Waals surface area contributed by atoms with Gasteiger partial charge in [0.15, 0.2) is 6.61 Å². The molecular formula is C23H21FN2O3. The highest BCUT2D eigenvalue weighted by Crippen LogP contribution is 2.23. The number of carbonyl (C=O) groups is 2. The predicted molar refractivity (Wildman–Crippen MR) is 111 cm³/mol. The number of ether oxygens (including phenoxy) is 1. The molecule has 148 valence electrons. The highest BCUT2D eigenvalue weighted by Gasteiger charge is 2.15. The van der Waals surface area contributed by atoms with Gasteiger partial charge >= 0.3 is 0 Å². The summed E-state index contributed by atoms with van der Waals surface area (Å²) >= 11 is 0. The summed E-state index contributed by atoms with van der Waals surface area (Å²) in [5, 5.41) is 5.32. The molecule has 5 nitrogen and oxygen atoms in total. The van der Waals surface area contributed by atoms with E-state index in [0.29, 0.717) is 11.3 Å². The molecule has 0 aliphatic carbocycles. The molecule has 0 aromatic heterocycles. The predicted octanol–water partition coefficient (Wildman–Crippen LogP) is 4.71. The molecule has 0 aliphatic rings. The van der Waals surface area contributed by atoms with Crippen LogP contribution >= 0.6 is 0 Å². The molecule has 2 N–H and O–H groups in total. The summed E-state index contributed by atoms with van der Waals surface area (Å²) in [5.74, 6) is -1.14. The van der Waals surface area contributed by atoms with Crippen LogP contribution in [0.15, 0.2) is 66.7 Å². The van der Waals surface area contributed by atoms with Crippen LogP contribution in [0.1, 0.15) is 21.5 Å². The first-order valence-corrected chi connectivity index (χ1v) is 9.09. The summed E-state index contributed by atoms with van der Waals surface area (Å²) in [7, 11) is 0. The Labute approximate surface area is 168 Å². The summed E-state index contributed by atoms with van der Waals surface area (Å²) in [5.41, 5.74) is 3.12. The highest BCUT2D eigenvalue weighted by molar-refractivity contribution is 6.06. The lowest BCUT2D eigenvalue weighted by Gasteiger charge is -2.14. The smallest absolute Gasteiger partial charge is 0.262 e. The molecule has 0 heterocycles. The van der Waals surface area contributed by atoms with Crippen molar-refractivity contribution in [2.75, 3.05) is 17.2 Å². The van der Waals surface area contributed by atoms with Gasteiger partial charge in [-0.2, -0.15) is 0 Å². The van der Waals surface area contributed by atoms with Crippen molar-refractivity contribution in [1.29, 1.82) is 0 Å². The second kappa shape index (κ2) is 9.01. The van der Waals surface area contributed by atoms with Crippen LogP contribution in [0.3, 0.4) is 0 Å². The van der Waals surface area contributed by atoms with Gasteiger partial charge in [0.2, 0.25) is 0 Å². The van der Waals surface area contributed by atoms with E-state index in [1.165, 1.54) is 18.2 Å². The molecule has 0 bridgehead atoms. The maximum Gasteiger partial charge on any atom is 0.262 e. The van der Waals surface area contributed by atoms with E-state index in [-0.39, 0.29) is 24.0 Å². The topological polar surface area (TPSA) is 67.4 Å². The fourth-order valence-electron chi connectivity index (χ4n) is 2.75. The number of hydrogen-bond donors (Lipinski definition) is 2.